The second kappa shape index (κ2) is 6.81. The molecule has 1 N–H and O–H groups in total. The topological polar surface area (TPSA) is 59.8 Å². The fourth-order valence-electron chi connectivity index (χ4n) is 3.46. The molecule has 0 aliphatic heterocycles. The van der Waals surface area contributed by atoms with Gasteiger partial charge in [-0.25, -0.2) is 0 Å². The molecule has 2 aliphatic carbocycles. The Kier molecular flexibility index (Phi) is 4.83. The molecule has 0 spiro atoms. The van der Waals surface area contributed by atoms with Crippen LogP contribution in [0.5, 0.6) is 0 Å². The van der Waals surface area contributed by atoms with E-state index in [1.807, 2.05) is 7.05 Å². The summed E-state index contributed by atoms with van der Waals surface area (Å²) in [6, 6.07) is 0.395. The van der Waals surface area contributed by atoms with E-state index >= 15 is 0 Å². The lowest BCUT2D eigenvalue weighted by Gasteiger charge is -2.11. The van der Waals surface area contributed by atoms with Crippen LogP contribution >= 0.6 is 11.8 Å². The highest BCUT2D eigenvalue weighted by Crippen LogP contribution is 2.33. The van der Waals surface area contributed by atoms with E-state index in [9.17, 15) is 4.79 Å². The Hall–Kier alpha value is -1.04. The molecule has 3 rings (SSSR count). The van der Waals surface area contributed by atoms with Gasteiger partial charge in [0.05, 0.1) is 5.75 Å². The lowest BCUT2D eigenvalue weighted by Crippen LogP contribution is -2.33. The van der Waals surface area contributed by atoms with E-state index in [1.165, 1.54) is 50.3 Å². The van der Waals surface area contributed by atoms with Gasteiger partial charge in [-0.2, -0.15) is 0 Å². The van der Waals surface area contributed by atoms with Crippen LogP contribution in [0, 0.1) is 0 Å². The molecule has 5 nitrogen and oxygen atoms in total. The highest BCUT2D eigenvalue weighted by molar-refractivity contribution is 7.99. The van der Waals surface area contributed by atoms with E-state index in [4.69, 9.17) is 0 Å². The lowest BCUT2D eigenvalue weighted by molar-refractivity contribution is -0.119. The van der Waals surface area contributed by atoms with Crippen LogP contribution in [0.15, 0.2) is 5.16 Å². The highest BCUT2D eigenvalue weighted by Gasteiger charge is 2.23. The maximum absolute atomic E-state index is 12.0. The molecule has 2 fully saturated rings. The van der Waals surface area contributed by atoms with Gasteiger partial charge in [-0.15, -0.1) is 10.2 Å². The van der Waals surface area contributed by atoms with E-state index in [2.05, 4.69) is 20.1 Å². The van der Waals surface area contributed by atoms with Gasteiger partial charge in [-0.3, -0.25) is 4.79 Å². The number of aromatic nitrogens is 3. The standard InChI is InChI=1S/C15H24N4OS/c1-19-14(11-6-2-3-7-11)17-18-15(19)21-10-13(20)16-12-8-4-5-9-12/h11-12H,2-10H2,1H3,(H,16,20). The summed E-state index contributed by atoms with van der Waals surface area (Å²) >= 11 is 1.50. The Bertz CT molecular complexity index is 490. The van der Waals surface area contributed by atoms with Gasteiger partial charge in [0, 0.05) is 19.0 Å². The average Bonchev–Trinajstić information content (AvgIpc) is 3.18. The minimum absolute atomic E-state index is 0.123. The number of nitrogens with zero attached hydrogens (tertiary/aromatic N) is 3. The van der Waals surface area contributed by atoms with Gasteiger partial charge in [-0.1, -0.05) is 37.4 Å². The first-order chi connectivity index (χ1) is 10.2. The molecule has 1 aromatic rings. The quantitative estimate of drug-likeness (QED) is 0.850. The van der Waals surface area contributed by atoms with Gasteiger partial charge < -0.3 is 9.88 Å². The summed E-state index contributed by atoms with van der Waals surface area (Å²) in [5.74, 6) is 2.21. The lowest BCUT2D eigenvalue weighted by atomic mass is 10.1. The maximum Gasteiger partial charge on any atom is 0.230 e. The molecule has 116 valence electrons. The minimum Gasteiger partial charge on any atom is -0.353 e. The summed E-state index contributed by atoms with van der Waals surface area (Å²) in [4.78, 5) is 12.0. The van der Waals surface area contributed by atoms with E-state index in [0.29, 0.717) is 17.7 Å². The average molecular weight is 308 g/mol. The van der Waals surface area contributed by atoms with Gasteiger partial charge in [-0.05, 0) is 25.7 Å². The van der Waals surface area contributed by atoms with Crippen molar-refractivity contribution in [3.8, 4) is 0 Å². The Morgan fingerprint density at radius 2 is 1.86 bits per heavy atom. The SMILES string of the molecule is Cn1c(SCC(=O)NC2CCCC2)nnc1C1CCCC1. The molecule has 2 aliphatic rings. The molecule has 0 bridgehead atoms. The smallest absolute Gasteiger partial charge is 0.230 e. The molecule has 0 radical (unpaired) electrons. The van der Waals surface area contributed by atoms with Gasteiger partial charge in [0.25, 0.3) is 0 Å². The fraction of sp³-hybridized carbons (Fsp3) is 0.800. The number of carbonyl (C=O) groups excluding carboxylic acids is 1. The molecular formula is C15H24N4OS. The second-order valence-corrected chi connectivity index (χ2v) is 7.16. The Labute approximate surface area is 130 Å². The molecule has 1 heterocycles. The molecular weight excluding hydrogens is 284 g/mol. The van der Waals surface area contributed by atoms with Crippen molar-refractivity contribution < 1.29 is 4.79 Å². The maximum atomic E-state index is 12.0. The van der Waals surface area contributed by atoms with Crippen molar-refractivity contribution in [2.24, 2.45) is 7.05 Å². The van der Waals surface area contributed by atoms with Crippen molar-refractivity contribution in [3.05, 3.63) is 5.82 Å². The zero-order chi connectivity index (χ0) is 14.7. The summed E-state index contributed by atoms with van der Waals surface area (Å²) in [7, 11) is 2.02. The molecule has 0 aromatic carbocycles. The first kappa shape index (κ1) is 14.9. The molecule has 21 heavy (non-hydrogen) atoms. The zero-order valence-corrected chi connectivity index (χ0v) is 13.5. The van der Waals surface area contributed by atoms with Crippen LogP contribution < -0.4 is 5.32 Å². The van der Waals surface area contributed by atoms with Crippen LogP contribution in [-0.2, 0) is 11.8 Å². The number of amides is 1. The van der Waals surface area contributed by atoms with Crippen LogP contribution in [-0.4, -0.2) is 32.5 Å². The monoisotopic (exact) mass is 308 g/mol. The summed E-state index contributed by atoms with van der Waals surface area (Å²) in [6.45, 7) is 0. The van der Waals surface area contributed by atoms with E-state index in [1.54, 1.807) is 0 Å². The third-order valence-corrected chi connectivity index (χ3v) is 5.66. The summed E-state index contributed by atoms with van der Waals surface area (Å²) in [5.41, 5.74) is 0. The minimum atomic E-state index is 0.123. The van der Waals surface area contributed by atoms with Crippen molar-refractivity contribution in [1.82, 2.24) is 20.1 Å². The molecule has 1 amide bonds. The van der Waals surface area contributed by atoms with Crippen LogP contribution in [0.2, 0.25) is 0 Å². The molecule has 0 saturated heterocycles. The van der Waals surface area contributed by atoms with Gasteiger partial charge in [0.15, 0.2) is 5.16 Å². The summed E-state index contributed by atoms with van der Waals surface area (Å²) < 4.78 is 2.07. The Balaban J connectivity index is 1.51. The number of hydrogen-bond donors (Lipinski definition) is 1. The number of hydrogen-bond acceptors (Lipinski definition) is 4. The zero-order valence-electron chi connectivity index (χ0n) is 12.7. The van der Waals surface area contributed by atoms with Crippen LogP contribution in [0.25, 0.3) is 0 Å². The third kappa shape index (κ3) is 3.59. The Morgan fingerprint density at radius 1 is 1.19 bits per heavy atom. The van der Waals surface area contributed by atoms with Gasteiger partial charge in [0.1, 0.15) is 5.82 Å². The molecule has 1 aromatic heterocycles. The predicted molar refractivity (Wildman–Crippen MR) is 83.3 cm³/mol. The molecule has 0 atom stereocenters. The molecule has 6 heteroatoms. The Morgan fingerprint density at radius 3 is 2.57 bits per heavy atom. The van der Waals surface area contributed by atoms with Crippen LogP contribution in [0.3, 0.4) is 0 Å². The number of carbonyl (C=O) groups is 1. The van der Waals surface area contributed by atoms with Crippen LogP contribution in [0.1, 0.15) is 63.1 Å². The first-order valence-corrected chi connectivity index (χ1v) is 9.04. The van der Waals surface area contributed by atoms with Crippen molar-refractivity contribution in [2.45, 2.75) is 68.5 Å². The van der Waals surface area contributed by atoms with E-state index < -0.39 is 0 Å². The van der Waals surface area contributed by atoms with Crippen molar-refractivity contribution >= 4 is 17.7 Å². The highest BCUT2D eigenvalue weighted by atomic mass is 32.2. The summed E-state index contributed by atoms with van der Waals surface area (Å²) in [5, 5.41) is 12.6. The molecule has 0 unspecified atom stereocenters. The first-order valence-electron chi connectivity index (χ1n) is 8.05. The van der Waals surface area contributed by atoms with Crippen molar-refractivity contribution in [3.63, 3.8) is 0 Å². The number of thioether (sulfide) groups is 1. The fourth-order valence-corrected chi connectivity index (χ4v) is 4.19. The number of rotatable bonds is 5. The van der Waals surface area contributed by atoms with Gasteiger partial charge in [0.2, 0.25) is 5.91 Å². The second-order valence-electron chi connectivity index (χ2n) is 6.22. The van der Waals surface area contributed by atoms with E-state index in [0.717, 1.165) is 23.8 Å². The normalized spacial score (nSPS) is 20.2. The third-order valence-electron chi connectivity index (χ3n) is 4.64. The summed E-state index contributed by atoms with van der Waals surface area (Å²) in [6.07, 6.45) is 9.78. The number of nitrogens with one attached hydrogen (secondary N) is 1. The van der Waals surface area contributed by atoms with Crippen LogP contribution in [0.4, 0.5) is 0 Å². The predicted octanol–water partition coefficient (Wildman–Crippen LogP) is 2.62. The van der Waals surface area contributed by atoms with E-state index in [-0.39, 0.29) is 5.91 Å². The van der Waals surface area contributed by atoms with Crippen molar-refractivity contribution in [1.29, 1.82) is 0 Å². The molecule has 2 saturated carbocycles. The van der Waals surface area contributed by atoms with Crippen molar-refractivity contribution in [2.75, 3.05) is 5.75 Å². The largest absolute Gasteiger partial charge is 0.353 e. The van der Waals surface area contributed by atoms with Gasteiger partial charge >= 0.3 is 0 Å².